The maximum absolute atomic E-state index is 14.1. The molecule has 4 aromatic rings. The van der Waals surface area contributed by atoms with Gasteiger partial charge >= 0.3 is 6.18 Å². The number of nitrogens with one attached hydrogen (secondary N) is 2. The van der Waals surface area contributed by atoms with E-state index >= 15 is 0 Å². The molecule has 1 atom stereocenters. The third-order valence-electron chi connectivity index (χ3n) is 6.57. The molecule has 1 unspecified atom stereocenters. The molecule has 7 nitrogen and oxygen atoms in total. The Bertz CT molecular complexity index is 1560. The molecule has 5 rings (SSSR count). The van der Waals surface area contributed by atoms with Gasteiger partial charge in [0.2, 0.25) is 0 Å². The number of amides is 2. The molecular formula is C27H25F3N4O3. The van der Waals surface area contributed by atoms with E-state index in [0.29, 0.717) is 12.1 Å². The lowest BCUT2D eigenvalue weighted by molar-refractivity contribution is -0.136. The third kappa shape index (κ3) is 4.32. The summed E-state index contributed by atoms with van der Waals surface area (Å²) in [4.78, 5) is 31.1. The van der Waals surface area contributed by atoms with Crippen molar-refractivity contribution in [1.82, 2.24) is 19.8 Å². The number of carbonyl (C=O) groups excluding carboxylic acids is 2. The van der Waals surface area contributed by atoms with Crippen LogP contribution in [0.3, 0.4) is 0 Å². The molecule has 1 aliphatic heterocycles. The minimum absolute atomic E-state index is 0.0411. The number of para-hydroxylation sites is 2. The molecule has 2 aromatic heterocycles. The van der Waals surface area contributed by atoms with Crippen LogP contribution in [0.2, 0.25) is 0 Å². The van der Waals surface area contributed by atoms with Crippen molar-refractivity contribution in [3.63, 3.8) is 0 Å². The number of carbonyl (C=O) groups is 2. The van der Waals surface area contributed by atoms with Gasteiger partial charge in [0, 0.05) is 53.5 Å². The summed E-state index contributed by atoms with van der Waals surface area (Å²) in [6.45, 7) is 0.589. The molecule has 0 spiro atoms. The number of aromatic nitrogens is 2. The van der Waals surface area contributed by atoms with Crippen LogP contribution in [0.5, 0.6) is 0 Å². The Hall–Kier alpha value is -3.89. The van der Waals surface area contributed by atoms with E-state index in [-0.39, 0.29) is 34.2 Å². The predicted octanol–water partition coefficient (Wildman–Crippen LogP) is 4.29. The zero-order chi connectivity index (χ0) is 26.5. The second-order valence-electron chi connectivity index (χ2n) is 9.30. The maximum Gasteiger partial charge on any atom is 0.418 e. The van der Waals surface area contributed by atoms with E-state index in [0.717, 1.165) is 17.0 Å². The topological polar surface area (TPSA) is 79.4 Å². The SMILES string of the molecule is COC(CN(C)C)Cn1cc(C2=C(c3c[nH]c4ccccc34)C(=O)NC2=O)c2cccc(C(F)(F)F)c21. The molecule has 37 heavy (non-hydrogen) atoms. The maximum atomic E-state index is 14.1. The number of benzene rings is 2. The Morgan fingerprint density at radius 3 is 2.32 bits per heavy atom. The number of hydrogen-bond donors (Lipinski definition) is 2. The lowest BCUT2D eigenvalue weighted by atomic mass is 9.95. The largest absolute Gasteiger partial charge is 0.418 e. The second-order valence-corrected chi connectivity index (χ2v) is 9.30. The number of H-pyrrole nitrogens is 1. The molecule has 1 aliphatic rings. The highest BCUT2D eigenvalue weighted by Crippen LogP contribution is 2.42. The summed E-state index contributed by atoms with van der Waals surface area (Å²) in [5.41, 5.74) is 0.798. The quantitative estimate of drug-likeness (QED) is 0.364. The Labute approximate surface area is 210 Å². The van der Waals surface area contributed by atoms with Gasteiger partial charge in [-0.2, -0.15) is 13.2 Å². The van der Waals surface area contributed by atoms with Gasteiger partial charge in [0.15, 0.2) is 0 Å². The van der Waals surface area contributed by atoms with Crippen LogP contribution in [-0.2, 0) is 27.0 Å². The van der Waals surface area contributed by atoms with Crippen molar-refractivity contribution in [2.24, 2.45) is 0 Å². The minimum atomic E-state index is -4.63. The van der Waals surface area contributed by atoms with Crippen LogP contribution in [0.4, 0.5) is 13.2 Å². The molecule has 3 heterocycles. The van der Waals surface area contributed by atoms with Crippen molar-refractivity contribution in [3.05, 3.63) is 71.5 Å². The van der Waals surface area contributed by atoms with Crippen LogP contribution in [0.25, 0.3) is 33.0 Å². The van der Waals surface area contributed by atoms with Crippen molar-refractivity contribution in [2.75, 3.05) is 27.7 Å². The summed E-state index contributed by atoms with van der Waals surface area (Å²) in [7, 11) is 5.20. The fourth-order valence-corrected chi connectivity index (χ4v) is 5.01. The monoisotopic (exact) mass is 510 g/mol. The first-order valence-electron chi connectivity index (χ1n) is 11.6. The number of imide groups is 1. The molecule has 0 aliphatic carbocycles. The lowest BCUT2D eigenvalue weighted by Crippen LogP contribution is -2.31. The van der Waals surface area contributed by atoms with Gasteiger partial charge in [-0.25, -0.2) is 0 Å². The number of alkyl halides is 3. The molecule has 0 saturated carbocycles. The smallest absolute Gasteiger partial charge is 0.378 e. The van der Waals surface area contributed by atoms with Crippen molar-refractivity contribution >= 4 is 44.8 Å². The predicted molar refractivity (Wildman–Crippen MR) is 135 cm³/mol. The van der Waals surface area contributed by atoms with E-state index in [1.54, 1.807) is 12.3 Å². The van der Waals surface area contributed by atoms with Gasteiger partial charge < -0.3 is 19.2 Å². The van der Waals surface area contributed by atoms with Gasteiger partial charge in [-0.15, -0.1) is 0 Å². The fourth-order valence-electron chi connectivity index (χ4n) is 5.01. The minimum Gasteiger partial charge on any atom is -0.378 e. The van der Waals surface area contributed by atoms with E-state index < -0.39 is 29.7 Å². The number of halogens is 3. The molecule has 2 amide bonds. The molecule has 192 valence electrons. The number of fused-ring (bicyclic) bond motifs is 2. The Morgan fingerprint density at radius 1 is 0.973 bits per heavy atom. The average molecular weight is 511 g/mol. The summed E-state index contributed by atoms with van der Waals surface area (Å²) in [5.74, 6) is -1.25. The summed E-state index contributed by atoms with van der Waals surface area (Å²) in [6.07, 6.45) is -1.89. The highest BCUT2D eigenvalue weighted by Gasteiger charge is 2.38. The summed E-state index contributed by atoms with van der Waals surface area (Å²) in [6, 6.07) is 11.2. The van der Waals surface area contributed by atoms with Crippen molar-refractivity contribution < 1.29 is 27.5 Å². The molecule has 10 heteroatoms. The molecule has 0 fully saturated rings. The highest BCUT2D eigenvalue weighted by atomic mass is 19.4. The molecule has 2 N–H and O–H groups in total. The lowest BCUT2D eigenvalue weighted by Gasteiger charge is -2.21. The van der Waals surface area contributed by atoms with E-state index in [2.05, 4.69) is 10.3 Å². The van der Waals surface area contributed by atoms with E-state index in [1.807, 2.05) is 43.3 Å². The van der Waals surface area contributed by atoms with E-state index in [9.17, 15) is 22.8 Å². The highest BCUT2D eigenvalue weighted by molar-refractivity contribution is 6.50. The number of aromatic amines is 1. The number of rotatable bonds is 7. The number of ether oxygens (including phenoxy) is 1. The van der Waals surface area contributed by atoms with Gasteiger partial charge in [0.1, 0.15) is 0 Å². The van der Waals surface area contributed by atoms with Gasteiger partial charge in [0.25, 0.3) is 11.8 Å². The summed E-state index contributed by atoms with van der Waals surface area (Å²) >= 11 is 0. The summed E-state index contributed by atoms with van der Waals surface area (Å²) in [5, 5.41) is 3.29. The van der Waals surface area contributed by atoms with Gasteiger partial charge in [0.05, 0.1) is 34.9 Å². The van der Waals surface area contributed by atoms with Crippen LogP contribution in [0.15, 0.2) is 54.9 Å². The third-order valence-corrected chi connectivity index (χ3v) is 6.57. The molecule has 0 radical (unpaired) electrons. The Kier molecular flexibility index (Phi) is 6.17. The van der Waals surface area contributed by atoms with Crippen LogP contribution in [0, 0.1) is 0 Å². The first-order chi connectivity index (χ1) is 17.6. The van der Waals surface area contributed by atoms with Gasteiger partial charge in [-0.1, -0.05) is 30.3 Å². The van der Waals surface area contributed by atoms with E-state index in [1.165, 1.54) is 23.9 Å². The number of methoxy groups -OCH3 is 1. The molecule has 0 saturated heterocycles. The zero-order valence-electron chi connectivity index (χ0n) is 20.4. The second kappa shape index (κ2) is 9.20. The van der Waals surface area contributed by atoms with Gasteiger partial charge in [-0.3, -0.25) is 14.9 Å². The first kappa shape index (κ1) is 24.8. The summed E-state index contributed by atoms with van der Waals surface area (Å²) < 4.78 is 49.4. The van der Waals surface area contributed by atoms with Crippen LogP contribution < -0.4 is 5.32 Å². The molecule has 0 bridgehead atoms. The van der Waals surface area contributed by atoms with Gasteiger partial charge in [-0.05, 0) is 26.2 Å². The zero-order valence-corrected chi connectivity index (χ0v) is 20.4. The Morgan fingerprint density at radius 2 is 1.65 bits per heavy atom. The number of likely N-dealkylation sites (N-methyl/N-ethyl adjacent to an activating group) is 1. The van der Waals surface area contributed by atoms with Crippen LogP contribution in [0.1, 0.15) is 16.7 Å². The molecule has 2 aromatic carbocycles. The van der Waals surface area contributed by atoms with Crippen LogP contribution in [-0.4, -0.2) is 60.1 Å². The van der Waals surface area contributed by atoms with Crippen molar-refractivity contribution in [3.8, 4) is 0 Å². The number of hydrogen-bond acceptors (Lipinski definition) is 4. The van der Waals surface area contributed by atoms with Crippen molar-refractivity contribution in [2.45, 2.75) is 18.8 Å². The fraction of sp³-hybridized carbons (Fsp3) is 0.259. The number of nitrogens with zero attached hydrogens (tertiary/aromatic N) is 2. The standard InChI is InChI=1S/C27H25F3N4O3/c1-33(2)12-15(37-3)13-34-14-19(17-8-6-9-20(24(17)34)27(28,29)30)23-22(25(35)32-26(23)36)18-11-31-21-10-5-4-7-16(18)21/h4-11,14-15,31H,12-13H2,1-3H3,(H,32,35,36). The average Bonchev–Trinajstić information content (AvgIpc) is 3.50. The Balaban J connectivity index is 1.79. The first-order valence-corrected chi connectivity index (χ1v) is 11.6. The molecular weight excluding hydrogens is 485 g/mol. The van der Waals surface area contributed by atoms with Crippen LogP contribution >= 0.6 is 0 Å². The van der Waals surface area contributed by atoms with Crippen molar-refractivity contribution in [1.29, 1.82) is 0 Å². The normalized spacial score (nSPS) is 15.4. The van der Waals surface area contributed by atoms with E-state index in [4.69, 9.17) is 4.74 Å².